The summed E-state index contributed by atoms with van der Waals surface area (Å²) in [6.07, 6.45) is 4.76. The van der Waals surface area contributed by atoms with Gasteiger partial charge in [-0.2, -0.15) is 0 Å². The molecule has 5 nitrogen and oxygen atoms in total. The van der Waals surface area contributed by atoms with Crippen molar-refractivity contribution in [1.82, 2.24) is 20.1 Å². The number of hydrogen-bond donors (Lipinski definition) is 2. The Kier molecular flexibility index (Phi) is 4.96. The van der Waals surface area contributed by atoms with E-state index in [2.05, 4.69) is 36.3 Å². The molecule has 2 N–H and O–H groups in total. The van der Waals surface area contributed by atoms with Crippen molar-refractivity contribution in [2.75, 3.05) is 6.54 Å². The number of hydrogen-bond acceptors (Lipinski definition) is 4. The number of aromatic nitrogens is 3. The Bertz CT molecular complexity index is 494. The Hall–Kier alpha value is -0.750. The van der Waals surface area contributed by atoms with Gasteiger partial charge in [0, 0.05) is 18.3 Å². The van der Waals surface area contributed by atoms with E-state index in [4.69, 9.17) is 0 Å². The quantitative estimate of drug-likeness (QED) is 0.874. The zero-order valence-electron chi connectivity index (χ0n) is 12.9. The zero-order chi connectivity index (χ0) is 14.8. The molecule has 1 fully saturated rings. The molecule has 1 saturated carbocycles. The van der Waals surface area contributed by atoms with E-state index in [-0.39, 0.29) is 5.69 Å². The van der Waals surface area contributed by atoms with Crippen LogP contribution in [0, 0.1) is 5.41 Å². The van der Waals surface area contributed by atoms with Gasteiger partial charge in [0.2, 0.25) is 0 Å². The van der Waals surface area contributed by atoms with E-state index in [0.29, 0.717) is 16.7 Å². The first-order valence-electron chi connectivity index (χ1n) is 7.44. The largest absolute Gasteiger partial charge is 0.343 e. The van der Waals surface area contributed by atoms with E-state index in [1.165, 1.54) is 12.8 Å². The summed E-state index contributed by atoms with van der Waals surface area (Å²) in [5.74, 6) is 0. The van der Waals surface area contributed by atoms with Crippen LogP contribution in [-0.4, -0.2) is 32.6 Å². The van der Waals surface area contributed by atoms with Crippen LogP contribution < -0.4 is 11.0 Å². The summed E-state index contributed by atoms with van der Waals surface area (Å²) in [4.78, 5) is 11.5. The van der Waals surface area contributed by atoms with Gasteiger partial charge in [-0.05, 0) is 37.6 Å². The molecule has 0 radical (unpaired) electrons. The minimum Gasteiger partial charge on any atom is -0.313 e. The van der Waals surface area contributed by atoms with Crippen molar-refractivity contribution >= 4 is 11.8 Å². The molecule has 1 aromatic heterocycles. The smallest absolute Gasteiger partial charge is 0.313 e. The fourth-order valence-electron chi connectivity index (χ4n) is 2.78. The molecule has 0 saturated heterocycles. The summed E-state index contributed by atoms with van der Waals surface area (Å²) < 4.78 is 1.60. The van der Waals surface area contributed by atoms with Gasteiger partial charge in [-0.15, -0.1) is 5.10 Å². The van der Waals surface area contributed by atoms with Crippen LogP contribution in [0.3, 0.4) is 0 Å². The molecule has 1 aliphatic carbocycles. The highest BCUT2D eigenvalue weighted by atomic mass is 32.2. The van der Waals surface area contributed by atoms with E-state index in [0.717, 1.165) is 24.5 Å². The van der Waals surface area contributed by atoms with Crippen molar-refractivity contribution < 1.29 is 0 Å². The van der Waals surface area contributed by atoms with E-state index in [1.807, 2.05) is 0 Å². The monoisotopic (exact) mass is 298 g/mol. The summed E-state index contributed by atoms with van der Waals surface area (Å²) in [6.45, 7) is 7.92. The third-order valence-corrected chi connectivity index (χ3v) is 5.46. The average Bonchev–Trinajstić information content (AvgIpc) is 2.69. The Morgan fingerprint density at radius 1 is 1.55 bits per heavy atom. The summed E-state index contributed by atoms with van der Waals surface area (Å²) >= 11 is 1.73. The Labute approximate surface area is 124 Å². The summed E-state index contributed by atoms with van der Waals surface area (Å²) in [7, 11) is 1.77. The third-order valence-electron chi connectivity index (χ3n) is 4.09. The topological polar surface area (TPSA) is 62.7 Å². The van der Waals surface area contributed by atoms with Gasteiger partial charge in [0.1, 0.15) is 0 Å². The molecule has 0 aliphatic heterocycles. The Morgan fingerprint density at radius 3 is 2.90 bits per heavy atom. The molecule has 0 amide bonds. The molecule has 114 valence electrons. The van der Waals surface area contributed by atoms with Crippen molar-refractivity contribution in [2.24, 2.45) is 12.5 Å². The number of H-pyrrole nitrogens is 1. The van der Waals surface area contributed by atoms with Crippen LogP contribution in [0.1, 0.15) is 46.5 Å². The molecule has 2 rings (SSSR count). The SMILES string of the molecule is CCCNC1CCC(C)(C)CC1Sc1n[nH]c(=O)n1C. The van der Waals surface area contributed by atoms with Crippen LogP contribution in [0.5, 0.6) is 0 Å². The van der Waals surface area contributed by atoms with Gasteiger partial charge >= 0.3 is 5.69 Å². The highest BCUT2D eigenvalue weighted by molar-refractivity contribution is 7.99. The Balaban J connectivity index is 2.10. The minimum absolute atomic E-state index is 0.138. The average molecular weight is 298 g/mol. The first-order valence-corrected chi connectivity index (χ1v) is 8.32. The molecule has 2 atom stereocenters. The van der Waals surface area contributed by atoms with Crippen molar-refractivity contribution in [3.05, 3.63) is 10.5 Å². The summed E-state index contributed by atoms with van der Waals surface area (Å²) in [5, 5.41) is 11.6. The lowest BCUT2D eigenvalue weighted by Crippen LogP contribution is -2.45. The number of nitrogens with zero attached hydrogens (tertiary/aromatic N) is 2. The predicted molar refractivity (Wildman–Crippen MR) is 83.2 cm³/mol. The molecule has 1 aromatic rings. The molecule has 1 aliphatic rings. The summed E-state index contributed by atoms with van der Waals surface area (Å²) in [5.41, 5.74) is 0.234. The molecule has 6 heteroatoms. The van der Waals surface area contributed by atoms with Gasteiger partial charge < -0.3 is 5.32 Å². The second-order valence-corrected chi connectivity index (χ2v) is 7.70. The highest BCUT2D eigenvalue weighted by Gasteiger charge is 2.35. The Morgan fingerprint density at radius 2 is 2.30 bits per heavy atom. The van der Waals surface area contributed by atoms with Crippen LogP contribution in [0.4, 0.5) is 0 Å². The molecular formula is C14H26N4OS. The van der Waals surface area contributed by atoms with E-state index >= 15 is 0 Å². The van der Waals surface area contributed by atoms with Crippen molar-refractivity contribution in [2.45, 2.75) is 62.9 Å². The number of nitrogens with one attached hydrogen (secondary N) is 2. The molecule has 0 bridgehead atoms. The van der Waals surface area contributed by atoms with Gasteiger partial charge in [0.05, 0.1) is 0 Å². The highest BCUT2D eigenvalue weighted by Crippen LogP contribution is 2.41. The van der Waals surface area contributed by atoms with Crippen LogP contribution >= 0.6 is 11.8 Å². The van der Waals surface area contributed by atoms with Crippen LogP contribution in [0.15, 0.2) is 9.95 Å². The predicted octanol–water partition coefficient (Wildman–Crippen LogP) is 2.15. The lowest BCUT2D eigenvalue weighted by atomic mass is 9.75. The van der Waals surface area contributed by atoms with Gasteiger partial charge in [-0.3, -0.25) is 4.57 Å². The van der Waals surface area contributed by atoms with E-state index in [1.54, 1.807) is 23.4 Å². The second kappa shape index (κ2) is 6.35. The van der Waals surface area contributed by atoms with E-state index in [9.17, 15) is 4.79 Å². The molecule has 1 heterocycles. The lowest BCUT2D eigenvalue weighted by molar-refractivity contribution is 0.214. The lowest BCUT2D eigenvalue weighted by Gasteiger charge is -2.40. The van der Waals surface area contributed by atoms with Crippen LogP contribution in [0.2, 0.25) is 0 Å². The maximum atomic E-state index is 11.5. The summed E-state index contributed by atoms with van der Waals surface area (Å²) in [6, 6.07) is 0.514. The third kappa shape index (κ3) is 3.67. The number of aromatic amines is 1. The van der Waals surface area contributed by atoms with Crippen LogP contribution in [0.25, 0.3) is 0 Å². The molecule has 0 spiro atoms. The maximum Gasteiger partial charge on any atom is 0.343 e. The van der Waals surface area contributed by atoms with Crippen LogP contribution in [-0.2, 0) is 7.05 Å². The fraction of sp³-hybridized carbons (Fsp3) is 0.857. The minimum atomic E-state index is -0.138. The van der Waals surface area contributed by atoms with Crippen molar-refractivity contribution in [3.63, 3.8) is 0 Å². The number of rotatable bonds is 5. The van der Waals surface area contributed by atoms with E-state index < -0.39 is 0 Å². The fourth-order valence-corrected chi connectivity index (χ4v) is 4.32. The first kappa shape index (κ1) is 15.6. The molecule has 20 heavy (non-hydrogen) atoms. The maximum absolute atomic E-state index is 11.5. The normalized spacial score (nSPS) is 25.8. The molecular weight excluding hydrogens is 272 g/mol. The molecule has 0 aromatic carbocycles. The van der Waals surface area contributed by atoms with Gasteiger partial charge in [0.25, 0.3) is 0 Å². The van der Waals surface area contributed by atoms with Gasteiger partial charge in [-0.25, -0.2) is 9.89 Å². The standard InChI is InChI=1S/C14H26N4OS/c1-5-8-15-10-6-7-14(2,3)9-11(10)20-13-17-16-12(19)18(13)4/h10-11,15H,5-9H2,1-4H3,(H,16,19). The molecule has 2 unspecified atom stereocenters. The second-order valence-electron chi connectivity index (χ2n) is 6.49. The van der Waals surface area contributed by atoms with Crippen molar-refractivity contribution in [3.8, 4) is 0 Å². The van der Waals surface area contributed by atoms with Crippen molar-refractivity contribution in [1.29, 1.82) is 0 Å². The first-order chi connectivity index (χ1) is 9.43. The van der Waals surface area contributed by atoms with Gasteiger partial charge in [0.15, 0.2) is 5.16 Å². The number of thioether (sulfide) groups is 1. The zero-order valence-corrected chi connectivity index (χ0v) is 13.7. The van der Waals surface area contributed by atoms with Gasteiger partial charge in [-0.1, -0.05) is 32.5 Å².